The third-order valence-electron chi connectivity index (χ3n) is 1.22. The van der Waals surface area contributed by atoms with Crippen LogP contribution in [0.1, 0.15) is 20.8 Å². The molecule has 72 valence electrons. The maximum atomic E-state index is 12.7. The summed E-state index contributed by atoms with van der Waals surface area (Å²) < 4.78 is 12.7. The molecule has 3 N–H and O–H groups in total. The molecule has 1 aromatic rings. The van der Waals surface area contributed by atoms with Gasteiger partial charge in [0.1, 0.15) is 5.82 Å². The number of hydrogen-bond acceptors (Lipinski definition) is 4. The highest BCUT2D eigenvalue weighted by Crippen LogP contribution is 2.13. The Kier molecular flexibility index (Phi) is 2.36. The number of halogens is 1. The highest BCUT2D eigenvalue weighted by molar-refractivity contribution is 5.39. The molecule has 13 heavy (non-hydrogen) atoms. The minimum Gasteiger partial charge on any atom is -0.368 e. The molecule has 0 aliphatic carbocycles. The van der Waals surface area contributed by atoms with Gasteiger partial charge < -0.3 is 11.1 Å². The normalized spacial score (nSPS) is 11.4. The lowest BCUT2D eigenvalue weighted by molar-refractivity contribution is 0.578. The van der Waals surface area contributed by atoms with Gasteiger partial charge in [-0.3, -0.25) is 0 Å². The fourth-order valence-electron chi connectivity index (χ4n) is 0.883. The summed E-state index contributed by atoms with van der Waals surface area (Å²) >= 11 is 0. The van der Waals surface area contributed by atoms with E-state index >= 15 is 0 Å². The van der Waals surface area contributed by atoms with Crippen LogP contribution in [-0.4, -0.2) is 15.5 Å². The van der Waals surface area contributed by atoms with Gasteiger partial charge in [0.2, 0.25) is 11.9 Å². The standard InChI is InChI=1S/C8H13FN4/c1-8(2,3)13-6-4-5(9)11-7(10)12-6/h4H,1-3H3,(H3,10,11,12,13). The zero-order valence-electron chi connectivity index (χ0n) is 7.93. The van der Waals surface area contributed by atoms with Crippen molar-refractivity contribution in [1.29, 1.82) is 0 Å². The zero-order chi connectivity index (χ0) is 10.1. The number of nitrogens with two attached hydrogens (primary N) is 1. The predicted octanol–water partition coefficient (Wildman–Crippen LogP) is 1.41. The molecule has 1 rings (SSSR count). The third kappa shape index (κ3) is 3.23. The van der Waals surface area contributed by atoms with E-state index in [1.165, 1.54) is 6.07 Å². The molecule has 5 heteroatoms. The van der Waals surface area contributed by atoms with Crippen LogP contribution in [0.25, 0.3) is 0 Å². The molecule has 4 nitrogen and oxygen atoms in total. The topological polar surface area (TPSA) is 63.8 Å². The third-order valence-corrected chi connectivity index (χ3v) is 1.22. The van der Waals surface area contributed by atoms with E-state index in [1.54, 1.807) is 0 Å². The quantitative estimate of drug-likeness (QED) is 0.648. The number of nitrogens with zero attached hydrogens (tertiary/aromatic N) is 2. The minimum absolute atomic E-state index is 0.0632. The van der Waals surface area contributed by atoms with Crippen LogP contribution in [0.4, 0.5) is 16.2 Å². The van der Waals surface area contributed by atoms with Crippen molar-refractivity contribution >= 4 is 11.8 Å². The lowest BCUT2D eigenvalue weighted by atomic mass is 10.1. The largest absolute Gasteiger partial charge is 0.368 e. The van der Waals surface area contributed by atoms with Crippen molar-refractivity contribution in [3.8, 4) is 0 Å². The molecule has 1 heterocycles. The van der Waals surface area contributed by atoms with Crippen LogP contribution < -0.4 is 11.1 Å². The van der Waals surface area contributed by atoms with Crippen LogP contribution in [0.2, 0.25) is 0 Å². The summed E-state index contributed by atoms with van der Waals surface area (Å²) in [5.41, 5.74) is 5.10. The van der Waals surface area contributed by atoms with E-state index < -0.39 is 5.95 Å². The first-order chi connectivity index (χ1) is 5.87. The first-order valence-corrected chi connectivity index (χ1v) is 3.95. The van der Waals surface area contributed by atoms with Gasteiger partial charge in [0.15, 0.2) is 0 Å². The molecule has 0 aliphatic heterocycles. The van der Waals surface area contributed by atoms with E-state index in [4.69, 9.17) is 5.73 Å². The van der Waals surface area contributed by atoms with Crippen LogP contribution in [0.3, 0.4) is 0 Å². The Morgan fingerprint density at radius 3 is 2.46 bits per heavy atom. The Morgan fingerprint density at radius 1 is 1.38 bits per heavy atom. The highest BCUT2D eigenvalue weighted by Gasteiger charge is 2.11. The monoisotopic (exact) mass is 184 g/mol. The maximum absolute atomic E-state index is 12.7. The van der Waals surface area contributed by atoms with E-state index in [1.807, 2.05) is 20.8 Å². The first kappa shape index (κ1) is 9.70. The summed E-state index contributed by atoms with van der Waals surface area (Å²) in [6.45, 7) is 5.84. The molecule has 0 radical (unpaired) electrons. The van der Waals surface area contributed by atoms with Crippen LogP contribution in [0, 0.1) is 5.95 Å². The molecule has 0 spiro atoms. The van der Waals surface area contributed by atoms with Crippen molar-refractivity contribution in [3.63, 3.8) is 0 Å². The van der Waals surface area contributed by atoms with Crippen molar-refractivity contribution in [2.45, 2.75) is 26.3 Å². The Bertz CT molecular complexity index is 285. The SMILES string of the molecule is CC(C)(C)Nc1cc(F)nc(N)n1. The Labute approximate surface area is 76.4 Å². The summed E-state index contributed by atoms with van der Waals surface area (Å²) in [7, 11) is 0. The average molecular weight is 184 g/mol. The van der Waals surface area contributed by atoms with Crippen molar-refractivity contribution in [3.05, 3.63) is 12.0 Å². The highest BCUT2D eigenvalue weighted by atomic mass is 19.1. The second kappa shape index (κ2) is 3.16. The molecule has 0 aromatic carbocycles. The number of aromatic nitrogens is 2. The summed E-state index contributed by atoms with van der Waals surface area (Å²) in [5.74, 6) is -0.288. The van der Waals surface area contributed by atoms with Gasteiger partial charge in [-0.05, 0) is 20.8 Å². The number of nitrogens with one attached hydrogen (secondary N) is 1. The van der Waals surface area contributed by atoms with Crippen molar-refractivity contribution < 1.29 is 4.39 Å². The first-order valence-electron chi connectivity index (χ1n) is 3.95. The lowest BCUT2D eigenvalue weighted by Gasteiger charge is -2.21. The molecule has 1 aromatic heterocycles. The van der Waals surface area contributed by atoms with Crippen LogP contribution in [0.5, 0.6) is 0 Å². The van der Waals surface area contributed by atoms with Gasteiger partial charge in [0.25, 0.3) is 0 Å². The zero-order valence-corrected chi connectivity index (χ0v) is 7.93. The summed E-state index contributed by atoms with van der Waals surface area (Å²) in [4.78, 5) is 7.16. The van der Waals surface area contributed by atoms with Crippen molar-refractivity contribution in [2.24, 2.45) is 0 Å². The number of hydrogen-bond donors (Lipinski definition) is 2. The molecule has 0 aliphatic rings. The van der Waals surface area contributed by atoms with Crippen molar-refractivity contribution in [1.82, 2.24) is 9.97 Å². The number of rotatable bonds is 1. The fraction of sp³-hybridized carbons (Fsp3) is 0.500. The van der Waals surface area contributed by atoms with Gasteiger partial charge in [0.05, 0.1) is 0 Å². The van der Waals surface area contributed by atoms with Gasteiger partial charge in [-0.15, -0.1) is 0 Å². The molecule has 0 amide bonds. The summed E-state index contributed by atoms with van der Waals surface area (Å²) in [6, 6.07) is 1.21. The summed E-state index contributed by atoms with van der Waals surface area (Å²) in [5, 5.41) is 2.99. The summed E-state index contributed by atoms with van der Waals surface area (Å²) in [6.07, 6.45) is 0. The molecular formula is C8H13FN4. The second-order valence-corrected chi connectivity index (χ2v) is 3.81. The van der Waals surface area contributed by atoms with Gasteiger partial charge >= 0.3 is 0 Å². The van der Waals surface area contributed by atoms with E-state index in [9.17, 15) is 4.39 Å². The molecule has 0 saturated heterocycles. The molecule has 0 atom stereocenters. The number of nitrogen functional groups attached to an aromatic ring is 1. The Hall–Kier alpha value is -1.39. The lowest BCUT2D eigenvalue weighted by Crippen LogP contribution is -2.27. The van der Waals surface area contributed by atoms with Gasteiger partial charge in [-0.2, -0.15) is 14.4 Å². The smallest absolute Gasteiger partial charge is 0.224 e. The average Bonchev–Trinajstić information content (AvgIpc) is 1.78. The fourth-order valence-corrected chi connectivity index (χ4v) is 0.883. The van der Waals surface area contributed by atoms with E-state index in [0.717, 1.165) is 0 Å². The van der Waals surface area contributed by atoms with E-state index in [0.29, 0.717) is 5.82 Å². The maximum Gasteiger partial charge on any atom is 0.224 e. The van der Waals surface area contributed by atoms with E-state index in [-0.39, 0.29) is 11.5 Å². The second-order valence-electron chi connectivity index (χ2n) is 3.81. The van der Waals surface area contributed by atoms with Gasteiger partial charge in [0, 0.05) is 11.6 Å². The van der Waals surface area contributed by atoms with Crippen LogP contribution >= 0.6 is 0 Å². The van der Waals surface area contributed by atoms with Gasteiger partial charge in [-0.1, -0.05) is 0 Å². The Morgan fingerprint density at radius 2 is 2.00 bits per heavy atom. The van der Waals surface area contributed by atoms with Gasteiger partial charge in [-0.25, -0.2) is 0 Å². The molecule has 0 saturated carbocycles. The van der Waals surface area contributed by atoms with Crippen molar-refractivity contribution in [2.75, 3.05) is 11.1 Å². The van der Waals surface area contributed by atoms with E-state index in [2.05, 4.69) is 15.3 Å². The Balaban J connectivity index is 2.90. The minimum atomic E-state index is -0.626. The van der Waals surface area contributed by atoms with Crippen LogP contribution in [0.15, 0.2) is 6.07 Å². The molecular weight excluding hydrogens is 171 g/mol. The molecule has 0 unspecified atom stereocenters. The molecule has 0 bridgehead atoms. The molecule has 0 fully saturated rings. The predicted molar refractivity (Wildman–Crippen MR) is 49.8 cm³/mol. The van der Waals surface area contributed by atoms with Crippen LogP contribution in [-0.2, 0) is 0 Å². The number of anilines is 2.